The molecule has 0 unspecified atom stereocenters. The Kier molecular flexibility index (Phi) is 5.19. The lowest BCUT2D eigenvalue weighted by Crippen LogP contribution is -2.34. The number of sulfonamides is 1. The van der Waals surface area contributed by atoms with E-state index in [1.165, 1.54) is 32.4 Å². The number of ether oxygens (including phenoxy) is 2. The number of hydrogen-bond acceptors (Lipinski definition) is 7. The molecule has 2 N–H and O–H groups in total. The molecular formula is C14H16N4O5S. The lowest BCUT2D eigenvalue weighted by atomic mass is 10.2. The van der Waals surface area contributed by atoms with Crippen molar-refractivity contribution in [1.82, 2.24) is 14.7 Å². The van der Waals surface area contributed by atoms with Crippen LogP contribution in [-0.4, -0.2) is 38.6 Å². The van der Waals surface area contributed by atoms with E-state index in [2.05, 4.69) is 15.3 Å². The van der Waals surface area contributed by atoms with Gasteiger partial charge >= 0.3 is 6.03 Å². The number of nitrogens with one attached hydrogen (secondary N) is 2. The maximum Gasteiger partial charge on any atom is 0.335 e. The number of carbonyl (C=O) groups is 1. The fraction of sp³-hybridized carbons (Fsp3) is 0.214. The Bertz CT molecular complexity index is 814. The third-order valence-electron chi connectivity index (χ3n) is 2.88. The molecule has 0 radical (unpaired) electrons. The molecule has 0 spiro atoms. The molecule has 1 aromatic carbocycles. The van der Waals surface area contributed by atoms with Gasteiger partial charge in [0.1, 0.15) is 0 Å². The molecule has 0 saturated carbocycles. The minimum atomic E-state index is -4.01. The summed E-state index contributed by atoms with van der Waals surface area (Å²) in [5, 5.41) is 2.22. The highest BCUT2D eigenvalue weighted by Crippen LogP contribution is 2.17. The van der Waals surface area contributed by atoms with Crippen molar-refractivity contribution >= 4 is 22.0 Å². The summed E-state index contributed by atoms with van der Waals surface area (Å²) in [7, 11) is -1.24. The molecule has 0 fully saturated rings. The van der Waals surface area contributed by atoms with Gasteiger partial charge in [-0.25, -0.2) is 17.9 Å². The van der Waals surface area contributed by atoms with Crippen LogP contribution in [0.3, 0.4) is 0 Å². The average Bonchev–Trinajstić information content (AvgIpc) is 2.54. The Morgan fingerprint density at radius 2 is 1.58 bits per heavy atom. The molecule has 2 rings (SSSR count). The van der Waals surface area contributed by atoms with Gasteiger partial charge in [0.05, 0.1) is 25.2 Å². The SMILES string of the molecule is COc1cc(OC)nc(NC(=O)NS(=O)(=O)c2ccc(C)cc2)n1. The van der Waals surface area contributed by atoms with Gasteiger partial charge in [-0.2, -0.15) is 9.97 Å². The van der Waals surface area contributed by atoms with E-state index in [1.54, 1.807) is 12.1 Å². The second kappa shape index (κ2) is 7.13. The summed E-state index contributed by atoms with van der Waals surface area (Å²) in [5.41, 5.74) is 0.898. The van der Waals surface area contributed by atoms with Crippen molar-refractivity contribution in [2.45, 2.75) is 11.8 Å². The normalized spacial score (nSPS) is 10.8. The number of benzene rings is 1. The molecule has 9 nitrogen and oxygen atoms in total. The molecule has 128 valence electrons. The summed E-state index contributed by atoms with van der Waals surface area (Å²) in [6.07, 6.45) is 0. The number of aryl methyl sites for hydroxylation is 1. The first kappa shape index (κ1) is 17.5. The van der Waals surface area contributed by atoms with E-state index in [1.807, 2.05) is 11.6 Å². The number of aromatic nitrogens is 2. The van der Waals surface area contributed by atoms with Gasteiger partial charge in [-0.05, 0) is 19.1 Å². The molecule has 2 amide bonds. The number of urea groups is 1. The van der Waals surface area contributed by atoms with E-state index in [9.17, 15) is 13.2 Å². The molecule has 0 aliphatic carbocycles. The van der Waals surface area contributed by atoms with Gasteiger partial charge in [-0.3, -0.25) is 5.32 Å². The fourth-order valence-corrected chi connectivity index (χ4v) is 2.60. The van der Waals surface area contributed by atoms with E-state index in [0.29, 0.717) is 0 Å². The van der Waals surface area contributed by atoms with Crippen molar-refractivity contribution in [1.29, 1.82) is 0 Å². The van der Waals surface area contributed by atoms with Gasteiger partial charge in [-0.1, -0.05) is 17.7 Å². The largest absolute Gasteiger partial charge is 0.481 e. The summed E-state index contributed by atoms with van der Waals surface area (Å²) >= 11 is 0. The van der Waals surface area contributed by atoms with Crippen LogP contribution in [0.15, 0.2) is 35.2 Å². The van der Waals surface area contributed by atoms with Crippen LogP contribution < -0.4 is 19.5 Å². The summed E-state index contributed by atoms with van der Waals surface area (Å²) in [5.74, 6) is 0.139. The van der Waals surface area contributed by atoms with Crippen LogP contribution in [0.25, 0.3) is 0 Å². The van der Waals surface area contributed by atoms with Gasteiger partial charge < -0.3 is 9.47 Å². The van der Waals surface area contributed by atoms with Gasteiger partial charge in [0.2, 0.25) is 17.7 Å². The number of nitrogens with zero attached hydrogens (tertiary/aromatic N) is 2. The lowest BCUT2D eigenvalue weighted by Gasteiger charge is -2.09. The second-order valence-electron chi connectivity index (χ2n) is 4.65. The summed E-state index contributed by atoms with van der Waals surface area (Å²) in [6, 6.07) is 6.45. The van der Waals surface area contributed by atoms with Crippen LogP contribution >= 0.6 is 0 Å². The third-order valence-corrected chi connectivity index (χ3v) is 4.23. The average molecular weight is 352 g/mol. The minimum Gasteiger partial charge on any atom is -0.481 e. The predicted octanol–water partition coefficient (Wildman–Crippen LogP) is 1.31. The van der Waals surface area contributed by atoms with Crippen molar-refractivity contribution < 1.29 is 22.7 Å². The Hall–Kier alpha value is -2.88. The van der Waals surface area contributed by atoms with Gasteiger partial charge in [0.25, 0.3) is 10.0 Å². The number of methoxy groups -OCH3 is 2. The van der Waals surface area contributed by atoms with Gasteiger partial charge in [-0.15, -0.1) is 0 Å². The van der Waals surface area contributed by atoms with E-state index >= 15 is 0 Å². The number of carbonyl (C=O) groups excluding carboxylic acids is 1. The standard InChI is InChI=1S/C14H16N4O5S/c1-9-4-6-10(7-5-9)24(20,21)18-14(19)17-13-15-11(22-2)8-12(16-13)23-3/h4-8H,1-3H3,(H2,15,16,17,18,19). The van der Waals surface area contributed by atoms with E-state index in [0.717, 1.165) is 5.56 Å². The quantitative estimate of drug-likeness (QED) is 0.832. The van der Waals surface area contributed by atoms with Crippen LogP contribution in [0.1, 0.15) is 5.56 Å². The lowest BCUT2D eigenvalue weighted by molar-refractivity contribution is 0.256. The Balaban J connectivity index is 2.14. The van der Waals surface area contributed by atoms with E-state index < -0.39 is 16.1 Å². The molecule has 1 heterocycles. The minimum absolute atomic E-state index is 0.0348. The molecule has 0 saturated heterocycles. The summed E-state index contributed by atoms with van der Waals surface area (Å²) < 4.78 is 36.0. The first-order valence-corrected chi connectivity index (χ1v) is 8.20. The highest BCUT2D eigenvalue weighted by Gasteiger charge is 2.18. The molecule has 0 bridgehead atoms. The molecule has 1 aromatic heterocycles. The Labute approximate surface area is 139 Å². The zero-order valence-electron chi connectivity index (χ0n) is 13.2. The highest BCUT2D eigenvalue weighted by molar-refractivity contribution is 7.90. The van der Waals surface area contributed by atoms with Crippen LogP contribution in [0.2, 0.25) is 0 Å². The summed E-state index contributed by atoms with van der Waals surface area (Å²) in [4.78, 5) is 19.6. The van der Waals surface area contributed by atoms with Gasteiger partial charge in [0.15, 0.2) is 0 Å². The van der Waals surface area contributed by atoms with Gasteiger partial charge in [0, 0.05) is 0 Å². The Morgan fingerprint density at radius 1 is 1.04 bits per heavy atom. The molecule has 0 aliphatic rings. The number of amides is 2. The first-order valence-electron chi connectivity index (χ1n) is 6.71. The van der Waals surface area contributed by atoms with Crippen molar-refractivity contribution in [3.05, 3.63) is 35.9 Å². The van der Waals surface area contributed by atoms with Crippen LogP contribution in [-0.2, 0) is 10.0 Å². The maximum absolute atomic E-state index is 12.1. The third kappa shape index (κ3) is 4.32. The topological polar surface area (TPSA) is 120 Å². The smallest absolute Gasteiger partial charge is 0.335 e. The van der Waals surface area contributed by atoms with Crippen LogP contribution in [0.5, 0.6) is 11.8 Å². The number of anilines is 1. The van der Waals surface area contributed by atoms with E-state index in [-0.39, 0.29) is 22.6 Å². The molecule has 2 aromatic rings. The van der Waals surface area contributed by atoms with Crippen molar-refractivity contribution in [3.8, 4) is 11.8 Å². The molecule has 10 heteroatoms. The molecule has 0 aliphatic heterocycles. The zero-order valence-corrected chi connectivity index (χ0v) is 14.0. The first-order chi connectivity index (χ1) is 11.3. The van der Waals surface area contributed by atoms with E-state index in [4.69, 9.17) is 9.47 Å². The number of rotatable bonds is 5. The monoisotopic (exact) mass is 352 g/mol. The molecule has 0 atom stereocenters. The predicted molar refractivity (Wildman–Crippen MR) is 85.7 cm³/mol. The molecular weight excluding hydrogens is 336 g/mol. The maximum atomic E-state index is 12.1. The Morgan fingerprint density at radius 3 is 2.08 bits per heavy atom. The fourth-order valence-electron chi connectivity index (χ4n) is 1.69. The second-order valence-corrected chi connectivity index (χ2v) is 6.33. The number of hydrogen-bond donors (Lipinski definition) is 2. The zero-order chi connectivity index (χ0) is 17.7. The van der Waals surface area contributed by atoms with Crippen molar-refractivity contribution in [3.63, 3.8) is 0 Å². The van der Waals surface area contributed by atoms with Crippen molar-refractivity contribution in [2.24, 2.45) is 0 Å². The van der Waals surface area contributed by atoms with Crippen LogP contribution in [0, 0.1) is 6.92 Å². The highest BCUT2D eigenvalue weighted by atomic mass is 32.2. The molecule has 24 heavy (non-hydrogen) atoms. The van der Waals surface area contributed by atoms with Crippen LogP contribution in [0.4, 0.5) is 10.7 Å². The van der Waals surface area contributed by atoms with Crippen molar-refractivity contribution in [2.75, 3.05) is 19.5 Å². The summed E-state index contributed by atoms with van der Waals surface area (Å²) in [6.45, 7) is 1.82.